The minimum absolute atomic E-state index is 0.133. The molecular weight excluding hydrogens is 262 g/mol. The topological polar surface area (TPSA) is 64.0 Å². The first-order chi connectivity index (χ1) is 8.99. The molecule has 1 aromatic heterocycles. The number of aromatic nitrogens is 2. The Morgan fingerprint density at radius 1 is 1.32 bits per heavy atom. The molecule has 0 amide bonds. The van der Waals surface area contributed by atoms with E-state index in [-0.39, 0.29) is 17.0 Å². The van der Waals surface area contributed by atoms with Crippen molar-refractivity contribution in [1.29, 1.82) is 0 Å². The molecule has 2 aliphatic rings. The zero-order valence-corrected chi connectivity index (χ0v) is 12.3. The molecule has 0 atom stereocenters. The van der Waals surface area contributed by atoms with Gasteiger partial charge in [-0.15, -0.1) is 0 Å². The Morgan fingerprint density at radius 2 is 2.05 bits per heavy atom. The zero-order valence-electron chi connectivity index (χ0n) is 11.5. The van der Waals surface area contributed by atoms with Crippen molar-refractivity contribution in [3.05, 3.63) is 11.5 Å². The summed E-state index contributed by atoms with van der Waals surface area (Å²) in [6.45, 7) is 5.03. The molecule has 0 aromatic carbocycles. The van der Waals surface area contributed by atoms with Gasteiger partial charge in [-0.3, -0.25) is 0 Å². The van der Waals surface area contributed by atoms with Crippen LogP contribution in [0.5, 0.6) is 0 Å². The Hall–Kier alpha value is -0.880. The Bertz CT molecular complexity index is 585. The van der Waals surface area contributed by atoms with E-state index >= 15 is 0 Å². The number of nitrogens with zero attached hydrogens (tertiary/aromatic N) is 2. The third kappa shape index (κ3) is 2.43. The van der Waals surface area contributed by atoms with E-state index in [1.54, 1.807) is 0 Å². The van der Waals surface area contributed by atoms with Gasteiger partial charge in [0, 0.05) is 18.5 Å². The smallest absolute Gasteiger partial charge is 0.260 e. The Kier molecular flexibility index (Phi) is 3.17. The van der Waals surface area contributed by atoms with Crippen molar-refractivity contribution in [1.82, 2.24) is 14.3 Å². The van der Waals surface area contributed by atoms with Crippen molar-refractivity contribution in [2.24, 2.45) is 0 Å². The van der Waals surface area contributed by atoms with Gasteiger partial charge in [0.15, 0.2) is 5.03 Å². The predicted octanol–water partition coefficient (Wildman–Crippen LogP) is 1.78. The van der Waals surface area contributed by atoms with Gasteiger partial charge >= 0.3 is 0 Å². The van der Waals surface area contributed by atoms with Gasteiger partial charge in [0.05, 0.1) is 5.69 Å². The molecular formula is C13H21N3O2S. The monoisotopic (exact) mass is 283 g/mol. The molecule has 0 bridgehead atoms. The normalized spacial score (nSPS) is 19.7. The lowest BCUT2D eigenvalue weighted by Gasteiger charge is -2.18. The zero-order chi connectivity index (χ0) is 13.6. The predicted molar refractivity (Wildman–Crippen MR) is 72.6 cm³/mol. The summed E-state index contributed by atoms with van der Waals surface area (Å²) in [5.74, 6) is 1.16. The third-order valence-corrected chi connectivity index (χ3v) is 5.26. The van der Waals surface area contributed by atoms with Crippen LogP contribution in [-0.2, 0) is 23.0 Å². The first kappa shape index (κ1) is 13.1. The van der Waals surface area contributed by atoms with Crippen molar-refractivity contribution < 1.29 is 8.42 Å². The van der Waals surface area contributed by atoms with E-state index < -0.39 is 10.0 Å². The molecule has 1 N–H and O–H groups in total. The van der Waals surface area contributed by atoms with Gasteiger partial charge in [0.2, 0.25) is 0 Å². The molecule has 1 fully saturated rings. The standard InChI is InChI=1S/C13H21N3O2S/c1-9(2)12-14-13(11-5-3-4-8-16(11)12)19(17,18)15-10-6-7-10/h9-10,15H,3-8H2,1-2H3. The van der Waals surface area contributed by atoms with E-state index in [1.165, 1.54) is 0 Å². The Balaban J connectivity index is 2.05. The summed E-state index contributed by atoms with van der Waals surface area (Å²) in [5.41, 5.74) is 0.906. The van der Waals surface area contributed by atoms with Crippen LogP contribution in [0.3, 0.4) is 0 Å². The van der Waals surface area contributed by atoms with Crippen molar-refractivity contribution in [2.75, 3.05) is 0 Å². The fourth-order valence-electron chi connectivity index (χ4n) is 2.67. The van der Waals surface area contributed by atoms with Gasteiger partial charge in [-0.25, -0.2) is 18.1 Å². The van der Waals surface area contributed by atoms with Crippen LogP contribution in [0.2, 0.25) is 0 Å². The van der Waals surface area contributed by atoms with Crippen molar-refractivity contribution in [2.45, 2.75) is 69.5 Å². The maximum absolute atomic E-state index is 12.4. The molecule has 0 unspecified atom stereocenters. The van der Waals surface area contributed by atoms with Crippen molar-refractivity contribution >= 4 is 10.0 Å². The molecule has 3 rings (SSSR count). The fourth-order valence-corrected chi connectivity index (χ4v) is 4.19. The maximum Gasteiger partial charge on any atom is 0.260 e. The lowest BCUT2D eigenvalue weighted by Crippen LogP contribution is -2.27. The van der Waals surface area contributed by atoms with Crippen LogP contribution in [0.1, 0.15) is 57.0 Å². The average molecular weight is 283 g/mol. The summed E-state index contributed by atoms with van der Waals surface area (Å²) in [4.78, 5) is 4.46. The van der Waals surface area contributed by atoms with E-state index in [9.17, 15) is 8.42 Å². The summed E-state index contributed by atoms with van der Waals surface area (Å²) < 4.78 is 29.7. The summed E-state index contributed by atoms with van der Waals surface area (Å²) in [6, 6.07) is 0.133. The summed E-state index contributed by atoms with van der Waals surface area (Å²) in [6.07, 6.45) is 4.88. The molecule has 0 spiro atoms. The maximum atomic E-state index is 12.4. The lowest BCUT2D eigenvalue weighted by atomic mass is 10.1. The lowest BCUT2D eigenvalue weighted by molar-refractivity contribution is 0.500. The third-order valence-electron chi connectivity index (χ3n) is 3.78. The second kappa shape index (κ2) is 4.59. The van der Waals surface area contributed by atoms with Crippen LogP contribution in [-0.4, -0.2) is 24.0 Å². The number of imidazole rings is 1. The van der Waals surface area contributed by atoms with Crippen LogP contribution < -0.4 is 4.72 Å². The van der Waals surface area contributed by atoms with Gasteiger partial charge in [-0.1, -0.05) is 13.8 Å². The quantitative estimate of drug-likeness (QED) is 0.916. The number of hydrogen-bond acceptors (Lipinski definition) is 3. The van der Waals surface area contributed by atoms with E-state index in [2.05, 4.69) is 28.1 Å². The van der Waals surface area contributed by atoms with Gasteiger partial charge < -0.3 is 4.57 Å². The van der Waals surface area contributed by atoms with Crippen LogP contribution in [0.4, 0.5) is 0 Å². The largest absolute Gasteiger partial charge is 0.330 e. The number of fused-ring (bicyclic) bond motifs is 1. The second-order valence-corrected chi connectivity index (χ2v) is 7.51. The number of hydrogen-bond donors (Lipinski definition) is 1. The molecule has 1 saturated carbocycles. The Morgan fingerprint density at radius 3 is 2.68 bits per heavy atom. The molecule has 5 nitrogen and oxygen atoms in total. The van der Waals surface area contributed by atoms with Crippen LogP contribution in [0, 0.1) is 0 Å². The Labute approximate surface area is 114 Å². The minimum Gasteiger partial charge on any atom is -0.330 e. The number of sulfonamides is 1. The fraction of sp³-hybridized carbons (Fsp3) is 0.769. The molecule has 0 radical (unpaired) electrons. The molecule has 2 heterocycles. The summed E-state index contributed by atoms with van der Waals surface area (Å²) >= 11 is 0. The second-order valence-electron chi connectivity index (χ2n) is 5.88. The highest BCUT2D eigenvalue weighted by atomic mass is 32.2. The van der Waals surface area contributed by atoms with E-state index in [1.807, 2.05) is 0 Å². The van der Waals surface area contributed by atoms with Gasteiger partial charge in [-0.2, -0.15) is 0 Å². The van der Waals surface area contributed by atoms with E-state index in [0.29, 0.717) is 0 Å². The van der Waals surface area contributed by atoms with Crippen LogP contribution >= 0.6 is 0 Å². The summed E-state index contributed by atoms with van der Waals surface area (Å²) in [5, 5.41) is 0.280. The number of rotatable bonds is 4. The first-order valence-electron chi connectivity index (χ1n) is 7.10. The molecule has 1 aliphatic heterocycles. The van der Waals surface area contributed by atoms with Gasteiger partial charge in [0.1, 0.15) is 5.82 Å². The van der Waals surface area contributed by atoms with E-state index in [0.717, 1.165) is 50.2 Å². The summed E-state index contributed by atoms with van der Waals surface area (Å²) in [7, 11) is -3.43. The van der Waals surface area contributed by atoms with Crippen molar-refractivity contribution in [3.8, 4) is 0 Å². The average Bonchev–Trinajstić information content (AvgIpc) is 3.05. The molecule has 6 heteroatoms. The van der Waals surface area contributed by atoms with E-state index in [4.69, 9.17) is 0 Å². The molecule has 1 aromatic rings. The van der Waals surface area contributed by atoms with Crippen LogP contribution in [0.15, 0.2) is 5.03 Å². The highest BCUT2D eigenvalue weighted by Gasteiger charge is 2.33. The molecule has 19 heavy (non-hydrogen) atoms. The van der Waals surface area contributed by atoms with Crippen LogP contribution in [0.25, 0.3) is 0 Å². The molecule has 1 aliphatic carbocycles. The number of nitrogens with one attached hydrogen (secondary N) is 1. The highest BCUT2D eigenvalue weighted by Crippen LogP contribution is 2.29. The first-order valence-corrected chi connectivity index (χ1v) is 8.59. The van der Waals surface area contributed by atoms with Gasteiger partial charge in [-0.05, 0) is 32.1 Å². The minimum atomic E-state index is -3.43. The SMILES string of the molecule is CC(C)c1nc(S(=O)(=O)NC2CC2)c2n1CCCC2. The molecule has 0 saturated heterocycles. The highest BCUT2D eigenvalue weighted by molar-refractivity contribution is 7.89. The van der Waals surface area contributed by atoms with Gasteiger partial charge in [0.25, 0.3) is 10.0 Å². The molecule has 106 valence electrons. The van der Waals surface area contributed by atoms with Crippen molar-refractivity contribution in [3.63, 3.8) is 0 Å².